The first-order valence-corrected chi connectivity index (χ1v) is 8.22. The highest BCUT2D eigenvalue weighted by molar-refractivity contribution is 7.80. The van der Waals surface area contributed by atoms with Gasteiger partial charge in [0.1, 0.15) is 5.50 Å². The molecule has 0 saturated carbocycles. The first-order chi connectivity index (χ1) is 10.4. The Balaban J connectivity index is 1.78. The Bertz CT molecular complexity index is 581. The van der Waals surface area contributed by atoms with E-state index >= 15 is 0 Å². The standard InChI is InChI=1S/C18H27N3S/c1-18(2,3)15-9-7-14(8-10-15)12-19-17(22)20-13-16-6-5-11-21(16)4/h5-11,17,19-20,22H,12-13H2,1-4H3. The van der Waals surface area contributed by atoms with E-state index in [1.165, 1.54) is 16.8 Å². The number of rotatable bonds is 6. The van der Waals surface area contributed by atoms with Crippen LogP contribution in [0.2, 0.25) is 0 Å². The molecule has 2 aromatic rings. The van der Waals surface area contributed by atoms with Gasteiger partial charge < -0.3 is 4.57 Å². The molecule has 22 heavy (non-hydrogen) atoms. The summed E-state index contributed by atoms with van der Waals surface area (Å²) >= 11 is 4.54. The van der Waals surface area contributed by atoms with Gasteiger partial charge in [-0.05, 0) is 28.7 Å². The summed E-state index contributed by atoms with van der Waals surface area (Å²) in [7, 11) is 2.05. The lowest BCUT2D eigenvalue weighted by Gasteiger charge is -2.20. The summed E-state index contributed by atoms with van der Waals surface area (Å²) in [5.41, 5.74) is 4.05. The van der Waals surface area contributed by atoms with Crippen molar-refractivity contribution < 1.29 is 0 Å². The third kappa shape index (κ3) is 4.90. The molecule has 2 rings (SSSR count). The van der Waals surface area contributed by atoms with E-state index < -0.39 is 0 Å². The van der Waals surface area contributed by atoms with Crippen LogP contribution in [0, 0.1) is 0 Å². The normalized spacial score (nSPS) is 13.3. The molecule has 0 saturated heterocycles. The molecule has 0 spiro atoms. The fraction of sp³-hybridized carbons (Fsp3) is 0.444. The Hall–Kier alpha value is -1.23. The van der Waals surface area contributed by atoms with Crippen molar-refractivity contribution in [3.05, 3.63) is 59.4 Å². The molecule has 0 radical (unpaired) electrons. The Kier molecular flexibility index (Phi) is 5.73. The molecular formula is C18H27N3S. The zero-order valence-electron chi connectivity index (χ0n) is 13.9. The zero-order chi connectivity index (χ0) is 16.2. The summed E-state index contributed by atoms with van der Waals surface area (Å²) in [6.07, 6.45) is 2.05. The molecule has 0 aliphatic rings. The molecule has 120 valence electrons. The number of nitrogens with one attached hydrogen (secondary N) is 2. The molecule has 0 amide bonds. The Labute approximate surface area is 139 Å². The van der Waals surface area contributed by atoms with E-state index in [4.69, 9.17) is 0 Å². The average molecular weight is 318 g/mol. The second kappa shape index (κ2) is 7.36. The summed E-state index contributed by atoms with van der Waals surface area (Å²) in [5, 5.41) is 6.75. The molecular weight excluding hydrogens is 290 g/mol. The SMILES string of the molecule is Cn1cccc1CNC(S)NCc1ccc(C(C)(C)C)cc1. The fourth-order valence-corrected chi connectivity index (χ4v) is 2.47. The number of hydrogen-bond donors (Lipinski definition) is 3. The highest BCUT2D eigenvalue weighted by Crippen LogP contribution is 2.22. The van der Waals surface area contributed by atoms with Gasteiger partial charge in [0.25, 0.3) is 0 Å². The second-order valence-electron chi connectivity index (χ2n) is 6.72. The van der Waals surface area contributed by atoms with Gasteiger partial charge in [0, 0.05) is 32.0 Å². The smallest absolute Gasteiger partial charge is 0.103 e. The molecule has 3 nitrogen and oxygen atoms in total. The number of thiol groups is 1. The molecule has 0 aliphatic carbocycles. The second-order valence-corrected chi connectivity index (χ2v) is 7.24. The molecule has 1 unspecified atom stereocenters. The number of nitrogens with zero attached hydrogens (tertiary/aromatic N) is 1. The van der Waals surface area contributed by atoms with Gasteiger partial charge in [0.15, 0.2) is 0 Å². The van der Waals surface area contributed by atoms with Crippen LogP contribution in [-0.2, 0) is 25.6 Å². The summed E-state index contributed by atoms with van der Waals surface area (Å²) in [6, 6.07) is 13.0. The molecule has 0 bridgehead atoms. The number of aromatic nitrogens is 1. The van der Waals surface area contributed by atoms with E-state index in [0.29, 0.717) is 0 Å². The Morgan fingerprint density at radius 1 is 1.05 bits per heavy atom. The van der Waals surface area contributed by atoms with Crippen LogP contribution >= 0.6 is 12.6 Å². The van der Waals surface area contributed by atoms with Gasteiger partial charge in [-0.15, -0.1) is 12.6 Å². The summed E-state index contributed by atoms with van der Waals surface area (Å²) in [5.74, 6) is 0. The van der Waals surface area contributed by atoms with Crippen molar-refractivity contribution in [1.82, 2.24) is 15.2 Å². The first kappa shape index (κ1) is 17.1. The van der Waals surface area contributed by atoms with Gasteiger partial charge in [-0.25, -0.2) is 0 Å². The average Bonchev–Trinajstić information content (AvgIpc) is 2.88. The van der Waals surface area contributed by atoms with Crippen LogP contribution in [0.25, 0.3) is 0 Å². The topological polar surface area (TPSA) is 29.0 Å². The lowest BCUT2D eigenvalue weighted by molar-refractivity contribution is 0.533. The highest BCUT2D eigenvalue weighted by atomic mass is 32.1. The Morgan fingerprint density at radius 3 is 2.23 bits per heavy atom. The van der Waals surface area contributed by atoms with Gasteiger partial charge in [0.2, 0.25) is 0 Å². The minimum absolute atomic E-state index is 0.0304. The largest absolute Gasteiger partial charge is 0.353 e. The summed E-state index contributed by atoms with van der Waals surface area (Å²) in [4.78, 5) is 0. The molecule has 1 heterocycles. The van der Waals surface area contributed by atoms with Crippen LogP contribution in [-0.4, -0.2) is 10.1 Å². The van der Waals surface area contributed by atoms with Crippen molar-refractivity contribution in [1.29, 1.82) is 0 Å². The van der Waals surface area contributed by atoms with Gasteiger partial charge >= 0.3 is 0 Å². The molecule has 0 fully saturated rings. The number of benzene rings is 1. The van der Waals surface area contributed by atoms with E-state index in [2.05, 4.69) is 98.2 Å². The first-order valence-electron chi connectivity index (χ1n) is 7.71. The van der Waals surface area contributed by atoms with Crippen LogP contribution in [0.5, 0.6) is 0 Å². The van der Waals surface area contributed by atoms with Crippen molar-refractivity contribution in [2.24, 2.45) is 7.05 Å². The van der Waals surface area contributed by atoms with Crippen LogP contribution in [0.3, 0.4) is 0 Å². The fourth-order valence-electron chi connectivity index (χ4n) is 2.29. The quantitative estimate of drug-likeness (QED) is 0.563. The lowest BCUT2D eigenvalue weighted by atomic mass is 9.87. The maximum absolute atomic E-state index is 4.54. The van der Waals surface area contributed by atoms with Crippen LogP contribution in [0.15, 0.2) is 42.6 Å². The van der Waals surface area contributed by atoms with Crippen molar-refractivity contribution in [2.75, 3.05) is 0 Å². The number of hydrogen-bond acceptors (Lipinski definition) is 3. The third-order valence-electron chi connectivity index (χ3n) is 3.85. The minimum atomic E-state index is -0.0304. The van der Waals surface area contributed by atoms with E-state index in [-0.39, 0.29) is 10.9 Å². The molecule has 1 aromatic heterocycles. The van der Waals surface area contributed by atoms with E-state index in [9.17, 15) is 0 Å². The van der Waals surface area contributed by atoms with Crippen molar-refractivity contribution in [2.45, 2.75) is 44.8 Å². The summed E-state index contributed by atoms with van der Waals surface area (Å²) in [6.45, 7) is 8.30. The summed E-state index contributed by atoms with van der Waals surface area (Å²) < 4.78 is 2.11. The van der Waals surface area contributed by atoms with E-state index in [1.54, 1.807) is 0 Å². The highest BCUT2D eigenvalue weighted by Gasteiger charge is 2.12. The molecule has 4 heteroatoms. The lowest BCUT2D eigenvalue weighted by Crippen LogP contribution is -2.37. The maximum atomic E-state index is 4.54. The zero-order valence-corrected chi connectivity index (χ0v) is 14.8. The van der Waals surface area contributed by atoms with Gasteiger partial charge in [0.05, 0.1) is 0 Å². The van der Waals surface area contributed by atoms with Gasteiger partial charge in [-0.1, -0.05) is 45.0 Å². The molecule has 2 N–H and O–H groups in total. The Morgan fingerprint density at radius 2 is 1.68 bits per heavy atom. The third-order valence-corrected chi connectivity index (χ3v) is 4.21. The molecule has 1 atom stereocenters. The van der Waals surface area contributed by atoms with E-state index in [1.807, 2.05) is 0 Å². The van der Waals surface area contributed by atoms with Crippen LogP contribution in [0.4, 0.5) is 0 Å². The predicted molar refractivity (Wildman–Crippen MR) is 97.0 cm³/mol. The number of aryl methyl sites for hydroxylation is 1. The minimum Gasteiger partial charge on any atom is -0.353 e. The van der Waals surface area contributed by atoms with Crippen molar-refractivity contribution in [3.8, 4) is 0 Å². The van der Waals surface area contributed by atoms with E-state index in [0.717, 1.165) is 13.1 Å². The predicted octanol–water partition coefficient (Wildman–Crippen LogP) is 3.42. The van der Waals surface area contributed by atoms with Crippen LogP contribution in [0.1, 0.15) is 37.6 Å². The van der Waals surface area contributed by atoms with Crippen molar-refractivity contribution in [3.63, 3.8) is 0 Å². The van der Waals surface area contributed by atoms with Crippen molar-refractivity contribution >= 4 is 12.6 Å². The molecule has 0 aliphatic heterocycles. The van der Waals surface area contributed by atoms with Crippen LogP contribution < -0.4 is 10.6 Å². The van der Waals surface area contributed by atoms with Gasteiger partial charge in [-0.3, -0.25) is 10.6 Å². The maximum Gasteiger partial charge on any atom is 0.103 e. The monoisotopic (exact) mass is 317 g/mol. The van der Waals surface area contributed by atoms with Gasteiger partial charge in [-0.2, -0.15) is 0 Å². The molecule has 1 aromatic carbocycles.